The largest absolute Gasteiger partial charge is 0.457 e. The summed E-state index contributed by atoms with van der Waals surface area (Å²) >= 11 is 6.37. The first-order valence-corrected chi connectivity index (χ1v) is 7.98. The molecule has 0 fully saturated rings. The number of alkyl halides is 1. The lowest BCUT2D eigenvalue weighted by molar-refractivity contribution is -0.151. The lowest BCUT2D eigenvalue weighted by Crippen LogP contribution is -2.52. The van der Waals surface area contributed by atoms with Gasteiger partial charge in [-0.3, -0.25) is 4.79 Å². The fourth-order valence-electron chi connectivity index (χ4n) is 3.69. The number of halogens is 1. The summed E-state index contributed by atoms with van der Waals surface area (Å²) < 4.78 is 10.9. The fourth-order valence-corrected chi connectivity index (χ4v) is 4.02. The molecule has 23 heavy (non-hydrogen) atoms. The van der Waals surface area contributed by atoms with Crippen LogP contribution in [0.15, 0.2) is 34.6 Å². The van der Waals surface area contributed by atoms with Crippen LogP contribution >= 0.6 is 11.6 Å². The van der Waals surface area contributed by atoms with Crippen molar-refractivity contribution in [2.24, 2.45) is 11.3 Å². The number of carbonyl (C=O) groups excluding carboxylic acids is 2. The van der Waals surface area contributed by atoms with Gasteiger partial charge < -0.3 is 14.6 Å². The van der Waals surface area contributed by atoms with Gasteiger partial charge in [0.25, 0.3) is 0 Å². The second-order valence-corrected chi connectivity index (χ2v) is 7.06. The molecule has 3 rings (SSSR count). The smallest absolute Gasteiger partial charge is 0.339 e. The zero-order valence-corrected chi connectivity index (χ0v) is 14.2. The number of esters is 2. The van der Waals surface area contributed by atoms with Gasteiger partial charge in [0.05, 0.1) is 11.5 Å². The van der Waals surface area contributed by atoms with Crippen molar-refractivity contribution in [1.29, 1.82) is 0 Å². The first-order chi connectivity index (χ1) is 10.7. The second-order valence-electron chi connectivity index (χ2n) is 6.55. The van der Waals surface area contributed by atoms with Crippen molar-refractivity contribution in [3.8, 4) is 0 Å². The van der Waals surface area contributed by atoms with Crippen LogP contribution in [0.5, 0.6) is 0 Å². The molecule has 0 aromatic carbocycles. The summed E-state index contributed by atoms with van der Waals surface area (Å²) in [6, 6.07) is 0. The Kier molecular flexibility index (Phi) is 3.69. The molecule has 2 aliphatic carbocycles. The predicted molar refractivity (Wildman–Crippen MR) is 83.4 cm³/mol. The third-order valence-electron chi connectivity index (χ3n) is 5.28. The normalized spacial score (nSPS) is 39.1. The molecule has 6 heteroatoms. The minimum absolute atomic E-state index is 0.183. The molecule has 0 amide bonds. The van der Waals surface area contributed by atoms with E-state index in [2.05, 4.69) is 0 Å². The number of aliphatic hydroxyl groups is 1. The highest BCUT2D eigenvalue weighted by Gasteiger charge is 2.56. The van der Waals surface area contributed by atoms with Crippen LogP contribution in [0.25, 0.3) is 0 Å². The number of aliphatic hydroxyl groups excluding tert-OH is 1. The average molecular weight is 339 g/mol. The molecule has 1 heterocycles. The summed E-state index contributed by atoms with van der Waals surface area (Å²) in [4.78, 5) is 23.6. The first-order valence-electron chi connectivity index (χ1n) is 7.54. The monoisotopic (exact) mass is 338 g/mol. The van der Waals surface area contributed by atoms with Gasteiger partial charge in [-0.1, -0.05) is 19.9 Å². The Morgan fingerprint density at radius 2 is 2.13 bits per heavy atom. The molecule has 5 nitrogen and oxygen atoms in total. The number of hydrogen-bond donors (Lipinski definition) is 1. The van der Waals surface area contributed by atoms with Gasteiger partial charge in [0.15, 0.2) is 0 Å². The van der Waals surface area contributed by atoms with Gasteiger partial charge in [0.1, 0.15) is 11.9 Å². The molecule has 0 aromatic rings. The van der Waals surface area contributed by atoms with Crippen LogP contribution in [0.2, 0.25) is 0 Å². The maximum Gasteiger partial charge on any atom is 0.339 e. The van der Waals surface area contributed by atoms with E-state index in [9.17, 15) is 14.7 Å². The van der Waals surface area contributed by atoms with Crippen molar-refractivity contribution >= 4 is 23.5 Å². The highest BCUT2D eigenvalue weighted by molar-refractivity contribution is 6.21. The molecular formula is C17H19ClO5. The van der Waals surface area contributed by atoms with Gasteiger partial charge in [-0.25, -0.2) is 4.79 Å². The van der Waals surface area contributed by atoms with Crippen molar-refractivity contribution < 1.29 is 24.2 Å². The van der Waals surface area contributed by atoms with Crippen molar-refractivity contribution in [3.05, 3.63) is 34.6 Å². The van der Waals surface area contributed by atoms with Crippen LogP contribution in [0.4, 0.5) is 0 Å². The molecule has 0 aromatic heterocycles. The summed E-state index contributed by atoms with van der Waals surface area (Å²) in [5, 5.41) is 9.63. The van der Waals surface area contributed by atoms with E-state index in [0.717, 1.165) is 5.57 Å². The number of carbonyl (C=O) groups is 2. The molecule has 1 unspecified atom stereocenters. The molecule has 5 atom stereocenters. The third-order valence-corrected chi connectivity index (χ3v) is 5.91. The second kappa shape index (κ2) is 5.21. The van der Waals surface area contributed by atoms with Gasteiger partial charge in [-0.05, 0) is 24.5 Å². The number of fused-ring (bicyclic) bond motifs is 2. The SMILES string of the molecule is CC(=O)OC1C2=C(C)C(=O)OC2=CC2=C[C@H](O)[C@H](Cl)[C@H](C)[C@]21C. The minimum atomic E-state index is -0.812. The molecule has 124 valence electrons. The third kappa shape index (κ3) is 2.17. The zero-order valence-electron chi connectivity index (χ0n) is 13.4. The lowest BCUT2D eigenvalue weighted by atomic mass is 9.59. The van der Waals surface area contributed by atoms with E-state index in [0.29, 0.717) is 16.9 Å². The summed E-state index contributed by atoms with van der Waals surface area (Å²) in [6.45, 7) is 6.85. The van der Waals surface area contributed by atoms with Gasteiger partial charge in [-0.2, -0.15) is 0 Å². The van der Waals surface area contributed by atoms with Crippen LogP contribution in [-0.4, -0.2) is 34.6 Å². The quantitative estimate of drug-likeness (QED) is 0.586. The topological polar surface area (TPSA) is 72.8 Å². The number of ether oxygens (including phenoxy) is 2. The van der Waals surface area contributed by atoms with Crippen molar-refractivity contribution in [2.45, 2.75) is 45.3 Å². The fraction of sp³-hybridized carbons (Fsp3) is 0.529. The van der Waals surface area contributed by atoms with Gasteiger partial charge in [0.2, 0.25) is 0 Å². The molecule has 0 saturated carbocycles. The Balaban J connectivity index is 2.25. The van der Waals surface area contributed by atoms with Crippen LogP contribution in [0.3, 0.4) is 0 Å². The molecule has 0 spiro atoms. The summed E-state index contributed by atoms with van der Waals surface area (Å²) in [5.41, 5.74) is 1.15. The van der Waals surface area contributed by atoms with E-state index in [1.165, 1.54) is 6.92 Å². The summed E-state index contributed by atoms with van der Waals surface area (Å²) in [6.07, 6.45) is 1.90. The maximum absolute atomic E-state index is 11.9. The van der Waals surface area contributed by atoms with Gasteiger partial charge in [0, 0.05) is 23.5 Å². The number of hydrogen-bond acceptors (Lipinski definition) is 5. The molecule has 1 aliphatic heterocycles. The van der Waals surface area contributed by atoms with Crippen LogP contribution in [0, 0.1) is 11.3 Å². The molecule has 3 aliphatic rings. The van der Waals surface area contributed by atoms with E-state index < -0.39 is 34.9 Å². The highest BCUT2D eigenvalue weighted by Crippen LogP contribution is 2.55. The molecular weight excluding hydrogens is 320 g/mol. The highest BCUT2D eigenvalue weighted by atomic mass is 35.5. The van der Waals surface area contributed by atoms with Crippen molar-refractivity contribution in [1.82, 2.24) is 0 Å². The molecule has 0 radical (unpaired) electrons. The maximum atomic E-state index is 11.9. The Morgan fingerprint density at radius 1 is 1.48 bits per heavy atom. The molecule has 1 N–H and O–H groups in total. The van der Waals surface area contributed by atoms with Crippen molar-refractivity contribution in [3.63, 3.8) is 0 Å². The molecule has 0 saturated heterocycles. The Bertz CT molecular complexity index is 689. The Hall–Kier alpha value is -1.59. The Morgan fingerprint density at radius 3 is 2.74 bits per heavy atom. The summed E-state index contributed by atoms with van der Waals surface area (Å²) in [5.74, 6) is -0.685. The van der Waals surface area contributed by atoms with Gasteiger partial charge in [-0.15, -0.1) is 11.6 Å². The van der Waals surface area contributed by atoms with E-state index in [1.807, 2.05) is 13.8 Å². The standard InChI is InChI=1S/C17H19ClO5/c1-7-13-12(23-16(7)21)6-10-5-11(20)14(18)8(2)17(10,4)15(13)22-9(3)19/h5-6,8,11,14-15,20H,1-4H3/t8-,11-,14+,15?,17+/m0/s1. The zero-order chi connectivity index (χ0) is 17.1. The van der Waals surface area contributed by atoms with E-state index in [1.54, 1.807) is 19.1 Å². The van der Waals surface area contributed by atoms with Crippen LogP contribution in [0.1, 0.15) is 27.7 Å². The van der Waals surface area contributed by atoms with Gasteiger partial charge >= 0.3 is 11.9 Å². The predicted octanol–water partition coefficient (Wildman–Crippen LogP) is 2.24. The van der Waals surface area contributed by atoms with E-state index in [4.69, 9.17) is 21.1 Å². The van der Waals surface area contributed by atoms with E-state index >= 15 is 0 Å². The number of rotatable bonds is 1. The van der Waals surface area contributed by atoms with E-state index in [-0.39, 0.29) is 5.92 Å². The molecule has 0 bridgehead atoms. The number of allylic oxidation sites excluding steroid dienone is 1. The first kappa shape index (κ1) is 16.3. The van der Waals surface area contributed by atoms with Crippen LogP contribution in [-0.2, 0) is 19.1 Å². The lowest BCUT2D eigenvalue weighted by Gasteiger charge is -2.50. The average Bonchev–Trinajstić information content (AvgIpc) is 2.74. The summed E-state index contributed by atoms with van der Waals surface area (Å²) in [7, 11) is 0. The Labute approximate surface area is 139 Å². The van der Waals surface area contributed by atoms with Crippen LogP contribution < -0.4 is 0 Å². The minimum Gasteiger partial charge on any atom is -0.457 e. The van der Waals surface area contributed by atoms with Crippen molar-refractivity contribution in [2.75, 3.05) is 0 Å².